The second-order valence-electron chi connectivity index (χ2n) is 11.5. The molecule has 2 unspecified atom stereocenters. The second kappa shape index (κ2) is 11.7. The van der Waals surface area contributed by atoms with Gasteiger partial charge in [-0.25, -0.2) is 10.0 Å². The Labute approximate surface area is 245 Å². The first-order chi connectivity index (χ1) is 20.3. The van der Waals surface area contributed by atoms with Crippen molar-refractivity contribution in [3.63, 3.8) is 0 Å². The minimum atomic E-state index is -2.07. The smallest absolute Gasteiger partial charge is 0.144 e. The lowest BCUT2D eigenvalue weighted by molar-refractivity contribution is 0.190. The maximum atomic E-state index is 2.60. The van der Waals surface area contributed by atoms with Crippen LogP contribution in [0.1, 0.15) is 37.7 Å². The third-order valence-corrected chi connectivity index (χ3v) is 13.2. The molecule has 41 heavy (non-hydrogen) atoms. The molecule has 0 aromatic heterocycles. The van der Waals surface area contributed by atoms with E-state index in [2.05, 4.69) is 150 Å². The molecule has 1 aliphatic carbocycles. The molecule has 1 aliphatic heterocycles. The van der Waals surface area contributed by atoms with Crippen molar-refractivity contribution in [3.05, 3.63) is 145 Å². The topological polar surface area (TPSA) is 6.02 Å². The Morgan fingerprint density at radius 1 is 0.512 bits per heavy atom. The molecular weight excluding hydrogens is 515 g/mol. The molecule has 1 saturated heterocycles. The number of nitrogens with zero attached hydrogens (tertiary/aromatic N) is 2. The van der Waals surface area contributed by atoms with Gasteiger partial charge >= 0.3 is 0 Å². The molecule has 5 aromatic carbocycles. The van der Waals surface area contributed by atoms with E-state index in [0.29, 0.717) is 0 Å². The summed E-state index contributed by atoms with van der Waals surface area (Å²) in [5.41, 5.74) is 3.96. The zero-order valence-electron chi connectivity index (χ0n) is 23.6. The highest BCUT2D eigenvalue weighted by atomic mass is 31.2. The molecule has 1 saturated carbocycles. The third kappa shape index (κ3) is 5.29. The fourth-order valence-corrected chi connectivity index (χ4v) is 11.0. The standard InChI is InChI=1S/C38H38N2P/c1-5-16-34(17-6-1)40-30-39(40)29-31-14-13-15-33(28-31)32-24-26-38(27-25-32)41(35-18-7-2-8-19-35,36-20-9-3-10-21-36)37-22-11-4-12-23-37/h2-4,7-15,18-28,34H,1,5-6,16-17,29-30H2/q+1. The minimum Gasteiger partial charge on any atom is -0.222 e. The van der Waals surface area contributed by atoms with Gasteiger partial charge in [0.2, 0.25) is 0 Å². The van der Waals surface area contributed by atoms with E-state index in [9.17, 15) is 0 Å². The van der Waals surface area contributed by atoms with Gasteiger partial charge in [0, 0.05) is 12.6 Å². The quantitative estimate of drug-likeness (QED) is 0.147. The Morgan fingerprint density at radius 2 is 1.05 bits per heavy atom. The van der Waals surface area contributed by atoms with Gasteiger partial charge in [-0.15, -0.1) is 0 Å². The summed E-state index contributed by atoms with van der Waals surface area (Å²) in [4.78, 5) is 0. The first kappa shape index (κ1) is 26.4. The molecule has 0 radical (unpaired) electrons. The van der Waals surface area contributed by atoms with Crippen molar-refractivity contribution >= 4 is 28.5 Å². The molecule has 3 heteroatoms. The van der Waals surface area contributed by atoms with Crippen LogP contribution in [-0.2, 0) is 6.54 Å². The predicted molar refractivity (Wildman–Crippen MR) is 176 cm³/mol. The largest absolute Gasteiger partial charge is 0.222 e. The van der Waals surface area contributed by atoms with Crippen molar-refractivity contribution in [2.45, 2.75) is 44.7 Å². The summed E-state index contributed by atoms with van der Waals surface area (Å²) in [6.45, 7) is 2.13. The van der Waals surface area contributed by atoms with Crippen molar-refractivity contribution in [1.29, 1.82) is 0 Å². The van der Waals surface area contributed by atoms with Crippen LogP contribution < -0.4 is 21.2 Å². The molecule has 2 aliphatic rings. The second-order valence-corrected chi connectivity index (χ2v) is 14.9. The Bertz CT molecular complexity index is 1470. The summed E-state index contributed by atoms with van der Waals surface area (Å²) in [6, 6.07) is 52.7. The first-order valence-corrected chi connectivity index (χ1v) is 16.9. The molecule has 0 amide bonds. The third-order valence-electron chi connectivity index (χ3n) is 8.89. The van der Waals surface area contributed by atoms with Crippen LogP contribution >= 0.6 is 7.26 Å². The lowest BCUT2D eigenvalue weighted by Gasteiger charge is -2.27. The van der Waals surface area contributed by atoms with Gasteiger partial charge in [-0.05, 0) is 84.1 Å². The summed E-state index contributed by atoms with van der Waals surface area (Å²) < 4.78 is 0. The molecule has 1 heterocycles. The van der Waals surface area contributed by atoms with E-state index in [1.165, 1.54) is 70.0 Å². The number of hydrogen-bond donors (Lipinski definition) is 0. The van der Waals surface area contributed by atoms with E-state index >= 15 is 0 Å². The first-order valence-electron chi connectivity index (χ1n) is 15.1. The van der Waals surface area contributed by atoms with Crippen LogP contribution in [0.5, 0.6) is 0 Å². The van der Waals surface area contributed by atoms with E-state index < -0.39 is 7.26 Å². The van der Waals surface area contributed by atoms with Crippen LogP contribution in [0.15, 0.2) is 140 Å². The van der Waals surface area contributed by atoms with Gasteiger partial charge in [0.15, 0.2) is 0 Å². The normalized spacial score (nSPS) is 19.1. The highest BCUT2D eigenvalue weighted by Crippen LogP contribution is 2.54. The Morgan fingerprint density at radius 3 is 1.61 bits per heavy atom. The van der Waals surface area contributed by atoms with Gasteiger partial charge < -0.3 is 0 Å². The predicted octanol–water partition coefficient (Wildman–Crippen LogP) is 7.30. The highest BCUT2D eigenvalue weighted by Gasteiger charge is 2.47. The van der Waals surface area contributed by atoms with Crippen molar-refractivity contribution in [2.75, 3.05) is 6.67 Å². The number of hydrazine groups is 1. The number of rotatable bonds is 8. The van der Waals surface area contributed by atoms with Crippen LogP contribution in [0.2, 0.25) is 0 Å². The van der Waals surface area contributed by atoms with Crippen LogP contribution in [0, 0.1) is 0 Å². The summed E-state index contributed by atoms with van der Waals surface area (Å²) in [6.07, 6.45) is 6.92. The average Bonchev–Trinajstić information content (AvgIpc) is 3.83. The van der Waals surface area contributed by atoms with Crippen molar-refractivity contribution in [3.8, 4) is 11.1 Å². The van der Waals surface area contributed by atoms with E-state index in [4.69, 9.17) is 0 Å². The van der Waals surface area contributed by atoms with Crippen LogP contribution in [-0.4, -0.2) is 22.7 Å². The summed E-state index contributed by atoms with van der Waals surface area (Å²) in [7, 11) is -2.07. The van der Waals surface area contributed by atoms with Gasteiger partial charge in [-0.1, -0.05) is 104 Å². The molecule has 204 valence electrons. The van der Waals surface area contributed by atoms with Crippen LogP contribution in [0.3, 0.4) is 0 Å². The Hall–Kier alpha value is -3.55. The summed E-state index contributed by atoms with van der Waals surface area (Å²) in [5, 5.41) is 10.7. The Kier molecular flexibility index (Phi) is 7.55. The zero-order chi connectivity index (χ0) is 27.5. The fourth-order valence-electron chi connectivity index (χ4n) is 6.79. The van der Waals surface area contributed by atoms with E-state index in [1.807, 2.05) is 0 Å². The van der Waals surface area contributed by atoms with E-state index in [0.717, 1.165) is 19.3 Å². The van der Waals surface area contributed by atoms with E-state index in [1.54, 1.807) is 0 Å². The van der Waals surface area contributed by atoms with Crippen molar-refractivity contribution in [2.24, 2.45) is 0 Å². The van der Waals surface area contributed by atoms with Gasteiger partial charge in [0.25, 0.3) is 0 Å². The average molecular weight is 554 g/mol. The van der Waals surface area contributed by atoms with Crippen molar-refractivity contribution < 1.29 is 0 Å². The molecule has 0 bridgehead atoms. The van der Waals surface area contributed by atoms with Gasteiger partial charge in [-0.2, -0.15) is 0 Å². The lowest BCUT2D eigenvalue weighted by Crippen LogP contribution is -2.38. The Balaban J connectivity index is 1.22. The molecular formula is C38H38N2P+. The zero-order valence-corrected chi connectivity index (χ0v) is 24.5. The maximum Gasteiger partial charge on any atom is 0.144 e. The monoisotopic (exact) mass is 553 g/mol. The van der Waals surface area contributed by atoms with Gasteiger partial charge in [-0.3, -0.25) is 0 Å². The van der Waals surface area contributed by atoms with Gasteiger partial charge in [0.1, 0.15) is 28.5 Å². The molecule has 2 fully saturated rings. The summed E-state index contributed by atoms with van der Waals surface area (Å²) in [5.74, 6) is 0. The molecule has 2 atom stereocenters. The maximum absolute atomic E-state index is 2.60. The van der Waals surface area contributed by atoms with Gasteiger partial charge in [0.05, 0.1) is 6.67 Å². The van der Waals surface area contributed by atoms with Crippen LogP contribution in [0.4, 0.5) is 0 Å². The highest BCUT2D eigenvalue weighted by molar-refractivity contribution is 8.01. The number of benzene rings is 5. The molecule has 0 spiro atoms. The fraction of sp³-hybridized carbons (Fsp3) is 0.211. The molecule has 7 rings (SSSR count). The van der Waals surface area contributed by atoms with E-state index in [-0.39, 0.29) is 0 Å². The molecule has 5 aromatic rings. The minimum absolute atomic E-state index is 0.766. The SMILES string of the molecule is c1ccc([P+](c2ccccc2)(c2ccccc2)c2ccc(-c3cccc(CN4CN4C4CCCCC4)c3)cc2)cc1. The lowest BCUT2D eigenvalue weighted by atomic mass is 9.96. The molecule has 2 nitrogen and oxygen atoms in total. The van der Waals surface area contributed by atoms with Crippen molar-refractivity contribution in [1.82, 2.24) is 10.0 Å². The van der Waals surface area contributed by atoms with Crippen LogP contribution in [0.25, 0.3) is 11.1 Å². The summed E-state index contributed by atoms with van der Waals surface area (Å²) >= 11 is 0. The molecule has 0 N–H and O–H groups in total. The number of hydrogen-bond acceptors (Lipinski definition) is 2.